The van der Waals surface area contributed by atoms with E-state index in [-0.39, 0.29) is 17.5 Å². The Hall–Kier alpha value is -0.830. The van der Waals surface area contributed by atoms with Crippen molar-refractivity contribution in [2.75, 3.05) is 13.2 Å². The van der Waals surface area contributed by atoms with Gasteiger partial charge in [-0.2, -0.15) is 0 Å². The molecular weight excluding hydrogens is 180 g/mol. The highest BCUT2D eigenvalue weighted by Gasteiger charge is 2.38. The van der Waals surface area contributed by atoms with Gasteiger partial charge in [-0.25, -0.2) is 4.79 Å². The van der Waals surface area contributed by atoms with E-state index in [1.807, 2.05) is 6.92 Å². The summed E-state index contributed by atoms with van der Waals surface area (Å²) in [5.74, 6) is -0.350. The maximum Gasteiger partial charge on any atom is 0.330 e. The SMILES string of the molecule is C=CC(=O)OCC1(CC)COC(C)C1. The predicted molar refractivity (Wildman–Crippen MR) is 53.9 cm³/mol. The summed E-state index contributed by atoms with van der Waals surface area (Å²) in [5.41, 5.74) is 0.0259. The van der Waals surface area contributed by atoms with Crippen molar-refractivity contribution >= 4 is 5.97 Å². The van der Waals surface area contributed by atoms with Crippen molar-refractivity contribution in [1.29, 1.82) is 0 Å². The molecule has 0 aromatic rings. The Balaban J connectivity index is 2.46. The first-order chi connectivity index (χ1) is 6.62. The largest absolute Gasteiger partial charge is 0.462 e. The third-order valence-corrected chi connectivity index (χ3v) is 2.83. The van der Waals surface area contributed by atoms with Crippen LogP contribution in [-0.2, 0) is 14.3 Å². The first kappa shape index (κ1) is 11.2. The molecule has 0 bridgehead atoms. The molecule has 0 aromatic heterocycles. The Morgan fingerprint density at radius 3 is 2.93 bits per heavy atom. The monoisotopic (exact) mass is 198 g/mol. The molecular formula is C11H18O3. The molecule has 14 heavy (non-hydrogen) atoms. The van der Waals surface area contributed by atoms with Crippen LogP contribution in [0.3, 0.4) is 0 Å². The number of rotatable bonds is 4. The Kier molecular flexibility index (Phi) is 3.69. The van der Waals surface area contributed by atoms with Crippen LogP contribution in [0, 0.1) is 5.41 Å². The van der Waals surface area contributed by atoms with Crippen LogP contribution in [0.2, 0.25) is 0 Å². The first-order valence-corrected chi connectivity index (χ1v) is 5.03. The van der Waals surface area contributed by atoms with Crippen LogP contribution in [0.25, 0.3) is 0 Å². The number of esters is 1. The lowest BCUT2D eigenvalue weighted by Crippen LogP contribution is -2.28. The van der Waals surface area contributed by atoms with Gasteiger partial charge in [-0.1, -0.05) is 13.5 Å². The lowest BCUT2D eigenvalue weighted by atomic mass is 9.84. The van der Waals surface area contributed by atoms with Crippen molar-refractivity contribution in [3.63, 3.8) is 0 Å². The van der Waals surface area contributed by atoms with Crippen LogP contribution in [0.5, 0.6) is 0 Å². The fraction of sp³-hybridized carbons (Fsp3) is 0.727. The van der Waals surface area contributed by atoms with E-state index in [4.69, 9.17) is 9.47 Å². The summed E-state index contributed by atoms with van der Waals surface area (Å²) in [7, 11) is 0. The van der Waals surface area contributed by atoms with Crippen molar-refractivity contribution in [2.45, 2.75) is 32.8 Å². The van der Waals surface area contributed by atoms with Crippen LogP contribution in [0.4, 0.5) is 0 Å². The first-order valence-electron chi connectivity index (χ1n) is 5.03. The van der Waals surface area contributed by atoms with Crippen molar-refractivity contribution in [2.24, 2.45) is 5.41 Å². The van der Waals surface area contributed by atoms with Gasteiger partial charge >= 0.3 is 5.97 Å². The van der Waals surface area contributed by atoms with E-state index < -0.39 is 0 Å². The second-order valence-electron chi connectivity index (χ2n) is 3.99. The molecule has 0 aromatic carbocycles. The van der Waals surface area contributed by atoms with E-state index in [0.717, 1.165) is 12.8 Å². The molecule has 2 atom stereocenters. The van der Waals surface area contributed by atoms with Crippen LogP contribution in [0.15, 0.2) is 12.7 Å². The van der Waals surface area contributed by atoms with Crippen LogP contribution in [0.1, 0.15) is 26.7 Å². The van der Waals surface area contributed by atoms with Gasteiger partial charge in [-0.3, -0.25) is 0 Å². The Morgan fingerprint density at radius 1 is 1.79 bits per heavy atom. The predicted octanol–water partition coefficient (Wildman–Crippen LogP) is 1.92. The minimum atomic E-state index is -0.350. The standard InChI is InChI=1S/C11H18O3/c1-4-10(12)14-8-11(5-2)6-9(3)13-7-11/h4,9H,1,5-8H2,2-3H3. The molecule has 0 radical (unpaired) electrons. The van der Waals surface area contributed by atoms with E-state index in [1.165, 1.54) is 6.08 Å². The molecule has 2 unspecified atom stereocenters. The molecule has 1 rings (SSSR count). The number of carbonyl (C=O) groups excluding carboxylic acids is 1. The number of hydrogen-bond acceptors (Lipinski definition) is 3. The van der Waals surface area contributed by atoms with Gasteiger partial charge in [0.1, 0.15) is 0 Å². The van der Waals surface area contributed by atoms with Gasteiger partial charge < -0.3 is 9.47 Å². The smallest absolute Gasteiger partial charge is 0.330 e. The maximum absolute atomic E-state index is 10.9. The molecule has 1 aliphatic rings. The van der Waals surface area contributed by atoms with Gasteiger partial charge in [0, 0.05) is 11.5 Å². The number of ether oxygens (including phenoxy) is 2. The topological polar surface area (TPSA) is 35.5 Å². The molecule has 0 amide bonds. The number of hydrogen-bond donors (Lipinski definition) is 0. The molecule has 3 heteroatoms. The second-order valence-corrected chi connectivity index (χ2v) is 3.99. The summed E-state index contributed by atoms with van der Waals surface area (Å²) < 4.78 is 10.6. The zero-order chi connectivity index (χ0) is 10.6. The average molecular weight is 198 g/mol. The van der Waals surface area contributed by atoms with Crippen molar-refractivity contribution in [3.05, 3.63) is 12.7 Å². The highest BCUT2D eigenvalue weighted by atomic mass is 16.5. The summed E-state index contributed by atoms with van der Waals surface area (Å²) in [4.78, 5) is 10.9. The summed E-state index contributed by atoms with van der Waals surface area (Å²) >= 11 is 0. The third kappa shape index (κ3) is 2.58. The Morgan fingerprint density at radius 2 is 2.50 bits per heavy atom. The molecule has 1 fully saturated rings. The van der Waals surface area contributed by atoms with Crippen LogP contribution in [-0.4, -0.2) is 25.3 Å². The van der Waals surface area contributed by atoms with Crippen LogP contribution < -0.4 is 0 Å². The van der Waals surface area contributed by atoms with E-state index in [9.17, 15) is 4.79 Å². The average Bonchev–Trinajstić information content (AvgIpc) is 2.57. The Labute approximate surface area is 85.1 Å². The fourth-order valence-corrected chi connectivity index (χ4v) is 1.78. The molecule has 1 heterocycles. The molecule has 80 valence electrons. The molecule has 0 N–H and O–H groups in total. The molecule has 0 aliphatic carbocycles. The zero-order valence-corrected chi connectivity index (χ0v) is 8.91. The summed E-state index contributed by atoms with van der Waals surface area (Å²) in [6.07, 6.45) is 3.41. The summed E-state index contributed by atoms with van der Waals surface area (Å²) in [6.45, 7) is 8.64. The van der Waals surface area contributed by atoms with Gasteiger partial charge in [0.15, 0.2) is 0 Å². The summed E-state index contributed by atoms with van der Waals surface area (Å²) in [6, 6.07) is 0. The van der Waals surface area contributed by atoms with Gasteiger partial charge in [0.25, 0.3) is 0 Å². The molecule has 1 saturated heterocycles. The quantitative estimate of drug-likeness (QED) is 0.511. The van der Waals surface area contributed by atoms with Crippen molar-refractivity contribution < 1.29 is 14.3 Å². The van der Waals surface area contributed by atoms with E-state index in [0.29, 0.717) is 13.2 Å². The minimum absolute atomic E-state index is 0.0259. The van der Waals surface area contributed by atoms with Crippen molar-refractivity contribution in [1.82, 2.24) is 0 Å². The highest BCUT2D eigenvalue weighted by molar-refractivity contribution is 5.81. The lowest BCUT2D eigenvalue weighted by molar-refractivity contribution is -0.141. The van der Waals surface area contributed by atoms with Gasteiger partial charge in [-0.05, 0) is 19.8 Å². The Bertz CT molecular complexity index is 225. The minimum Gasteiger partial charge on any atom is -0.462 e. The van der Waals surface area contributed by atoms with E-state index in [2.05, 4.69) is 13.5 Å². The summed E-state index contributed by atoms with van der Waals surface area (Å²) in [5, 5.41) is 0. The molecule has 1 aliphatic heterocycles. The third-order valence-electron chi connectivity index (χ3n) is 2.83. The zero-order valence-electron chi connectivity index (χ0n) is 8.91. The van der Waals surface area contributed by atoms with E-state index in [1.54, 1.807) is 0 Å². The fourth-order valence-electron chi connectivity index (χ4n) is 1.78. The van der Waals surface area contributed by atoms with Crippen LogP contribution >= 0.6 is 0 Å². The highest BCUT2D eigenvalue weighted by Crippen LogP contribution is 2.35. The second kappa shape index (κ2) is 4.60. The molecule has 0 saturated carbocycles. The normalized spacial score (nSPS) is 31.4. The number of carbonyl (C=O) groups is 1. The lowest BCUT2D eigenvalue weighted by Gasteiger charge is -2.24. The van der Waals surface area contributed by atoms with Gasteiger partial charge in [0.05, 0.1) is 19.3 Å². The van der Waals surface area contributed by atoms with Gasteiger partial charge in [-0.15, -0.1) is 0 Å². The maximum atomic E-state index is 10.9. The molecule has 0 spiro atoms. The van der Waals surface area contributed by atoms with Gasteiger partial charge in [0.2, 0.25) is 0 Å². The van der Waals surface area contributed by atoms with Crippen molar-refractivity contribution in [3.8, 4) is 0 Å². The molecule has 3 nitrogen and oxygen atoms in total. The van der Waals surface area contributed by atoms with E-state index >= 15 is 0 Å².